The Hall–Kier alpha value is -3.63. The standard InChI is InChI=1S/C21H20N4O6/c26-16(11-24-20(28)17-3-1-2-4-18(17)21(24)29)12-25(22-30)15-7-5-14(6-8-15)23-9-10-31-13-19(23)27/h1-8,16,26H,9-13H2/t16-/m0/s1. The van der Waals surface area contributed by atoms with Gasteiger partial charge in [0.05, 0.1) is 47.9 Å². The summed E-state index contributed by atoms with van der Waals surface area (Å²) < 4.78 is 5.11. The molecular formula is C21H20N4O6. The van der Waals surface area contributed by atoms with Crippen LogP contribution in [0.15, 0.2) is 53.8 Å². The molecule has 1 N–H and O–H groups in total. The van der Waals surface area contributed by atoms with Crippen molar-refractivity contribution < 1.29 is 24.2 Å². The first-order chi connectivity index (χ1) is 15.0. The fourth-order valence-electron chi connectivity index (χ4n) is 3.65. The highest BCUT2D eigenvalue weighted by molar-refractivity contribution is 6.21. The molecule has 10 nitrogen and oxygen atoms in total. The number of fused-ring (bicyclic) bond motifs is 1. The van der Waals surface area contributed by atoms with Crippen LogP contribution in [0.3, 0.4) is 0 Å². The number of β-amino-alcohol motifs (C(OH)–C–C–N with tert-alkyl or cyclic N) is 1. The van der Waals surface area contributed by atoms with Gasteiger partial charge in [-0.3, -0.25) is 19.3 Å². The first-order valence-electron chi connectivity index (χ1n) is 9.72. The highest BCUT2D eigenvalue weighted by Crippen LogP contribution is 2.24. The van der Waals surface area contributed by atoms with E-state index in [-0.39, 0.29) is 25.6 Å². The van der Waals surface area contributed by atoms with Gasteiger partial charge >= 0.3 is 0 Å². The Morgan fingerprint density at radius 1 is 1.03 bits per heavy atom. The molecule has 3 amide bonds. The van der Waals surface area contributed by atoms with Gasteiger partial charge in [-0.15, -0.1) is 4.91 Å². The molecule has 2 aromatic rings. The monoisotopic (exact) mass is 424 g/mol. The average molecular weight is 424 g/mol. The van der Waals surface area contributed by atoms with Gasteiger partial charge in [-0.05, 0) is 36.4 Å². The van der Waals surface area contributed by atoms with E-state index in [1.807, 2.05) is 0 Å². The molecule has 0 radical (unpaired) electrons. The number of benzene rings is 2. The third-order valence-electron chi connectivity index (χ3n) is 5.20. The molecule has 0 saturated carbocycles. The average Bonchev–Trinajstić information content (AvgIpc) is 3.03. The molecule has 1 saturated heterocycles. The van der Waals surface area contributed by atoms with Crippen molar-refractivity contribution in [1.29, 1.82) is 0 Å². The Morgan fingerprint density at radius 2 is 1.68 bits per heavy atom. The molecule has 0 aliphatic carbocycles. The SMILES string of the molecule is O=NN(C[C@@H](O)CN1C(=O)c2ccccc2C1=O)c1ccc(N2CCOCC2=O)cc1. The molecule has 0 aromatic heterocycles. The number of nitroso groups, excluding NO2 is 1. The van der Waals surface area contributed by atoms with E-state index in [2.05, 4.69) is 5.29 Å². The number of aliphatic hydroxyl groups excluding tert-OH is 1. The second kappa shape index (κ2) is 8.62. The van der Waals surface area contributed by atoms with Crippen LogP contribution in [0.25, 0.3) is 0 Å². The number of carbonyl (C=O) groups is 3. The lowest BCUT2D eigenvalue weighted by Crippen LogP contribution is -2.42. The molecule has 2 heterocycles. The zero-order valence-corrected chi connectivity index (χ0v) is 16.5. The van der Waals surface area contributed by atoms with Gasteiger partial charge in [0.2, 0.25) is 0 Å². The fraction of sp³-hybridized carbons (Fsp3) is 0.286. The van der Waals surface area contributed by atoms with Crippen molar-refractivity contribution in [1.82, 2.24) is 4.90 Å². The predicted molar refractivity (Wildman–Crippen MR) is 111 cm³/mol. The summed E-state index contributed by atoms with van der Waals surface area (Å²) in [6.45, 7) is 0.422. The van der Waals surface area contributed by atoms with Crippen LogP contribution in [0.5, 0.6) is 0 Å². The number of ether oxygens (including phenoxy) is 1. The minimum atomic E-state index is -1.19. The normalized spacial score (nSPS) is 17.0. The van der Waals surface area contributed by atoms with E-state index < -0.39 is 17.9 Å². The predicted octanol–water partition coefficient (Wildman–Crippen LogP) is 1.19. The summed E-state index contributed by atoms with van der Waals surface area (Å²) in [5.74, 6) is -1.12. The molecule has 31 heavy (non-hydrogen) atoms. The number of amides is 3. The lowest BCUT2D eigenvalue weighted by molar-refractivity contribution is -0.125. The van der Waals surface area contributed by atoms with Crippen LogP contribution in [0.2, 0.25) is 0 Å². The molecule has 160 valence electrons. The lowest BCUT2D eigenvalue weighted by atomic mass is 10.1. The van der Waals surface area contributed by atoms with Gasteiger partial charge in [0.1, 0.15) is 6.61 Å². The van der Waals surface area contributed by atoms with Crippen LogP contribution in [0, 0.1) is 4.91 Å². The zero-order chi connectivity index (χ0) is 22.0. The summed E-state index contributed by atoms with van der Waals surface area (Å²) in [4.78, 5) is 50.7. The first-order valence-corrected chi connectivity index (χ1v) is 9.72. The summed E-state index contributed by atoms with van der Waals surface area (Å²) in [5, 5.41) is 14.4. The molecule has 0 spiro atoms. The number of imide groups is 1. The fourth-order valence-corrected chi connectivity index (χ4v) is 3.65. The third-order valence-corrected chi connectivity index (χ3v) is 5.20. The van der Waals surface area contributed by atoms with Crippen LogP contribution in [0.4, 0.5) is 11.4 Å². The molecule has 10 heteroatoms. The van der Waals surface area contributed by atoms with Gasteiger partial charge in [-0.2, -0.15) is 0 Å². The molecule has 0 bridgehead atoms. The number of anilines is 2. The zero-order valence-electron chi connectivity index (χ0n) is 16.5. The molecular weight excluding hydrogens is 404 g/mol. The Morgan fingerprint density at radius 3 is 2.26 bits per heavy atom. The molecule has 1 atom stereocenters. The van der Waals surface area contributed by atoms with Crippen molar-refractivity contribution in [2.45, 2.75) is 6.10 Å². The maximum Gasteiger partial charge on any atom is 0.261 e. The lowest BCUT2D eigenvalue weighted by Gasteiger charge is -2.27. The van der Waals surface area contributed by atoms with Crippen molar-refractivity contribution in [3.8, 4) is 0 Å². The minimum absolute atomic E-state index is 0.0216. The number of hydrogen-bond donors (Lipinski definition) is 1. The van der Waals surface area contributed by atoms with E-state index in [1.54, 1.807) is 53.4 Å². The van der Waals surface area contributed by atoms with Gasteiger partial charge in [-0.25, -0.2) is 5.01 Å². The van der Waals surface area contributed by atoms with Crippen molar-refractivity contribution >= 4 is 29.1 Å². The molecule has 2 aliphatic heterocycles. The summed E-state index contributed by atoms with van der Waals surface area (Å²) in [6.07, 6.45) is -1.19. The van der Waals surface area contributed by atoms with E-state index in [0.29, 0.717) is 35.7 Å². The Balaban J connectivity index is 1.41. The van der Waals surface area contributed by atoms with E-state index in [0.717, 1.165) is 9.91 Å². The van der Waals surface area contributed by atoms with Crippen molar-refractivity contribution in [2.75, 3.05) is 42.8 Å². The van der Waals surface area contributed by atoms with Gasteiger partial charge in [-0.1, -0.05) is 12.1 Å². The van der Waals surface area contributed by atoms with Gasteiger partial charge in [0, 0.05) is 12.2 Å². The van der Waals surface area contributed by atoms with Gasteiger partial charge < -0.3 is 14.7 Å². The van der Waals surface area contributed by atoms with Crippen LogP contribution in [-0.4, -0.2) is 66.7 Å². The Bertz CT molecular complexity index is 990. The number of carbonyl (C=O) groups excluding carboxylic acids is 3. The number of rotatable bonds is 7. The topological polar surface area (TPSA) is 120 Å². The second-order valence-electron chi connectivity index (χ2n) is 7.20. The number of morpholine rings is 1. The van der Waals surface area contributed by atoms with Crippen LogP contribution in [0.1, 0.15) is 20.7 Å². The maximum atomic E-state index is 12.4. The molecule has 1 fully saturated rings. The van der Waals surface area contributed by atoms with E-state index >= 15 is 0 Å². The third kappa shape index (κ3) is 4.03. The molecule has 2 aliphatic rings. The van der Waals surface area contributed by atoms with Crippen LogP contribution < -0.4 is 9.91 Å². The summed E-state index contributed by atoms with van der Waals surface area (Å²) >= 11 is 0. The number of hydrogen-bond acceptors (Lipinski definition) is 7. The summed E-state index contributed by atoms with van der Waals surface area (Å²) in [5.41, 5.74) is 1.65. The Labute approximate surface area is 177 Å². The smallest absolute Gasteiger partial charge is 0.261 e. The Kier molecular flexibility index (Phi) is 5.74. The van der Waals surface area contributed by atoms with Crippen molar-refractivity contribution in [3.63, 3.8) is 0 Å². The largest absolute Gasteiger partial charge is 0.389 e. The second-order valence-corrected chi connectivity index (χ2v) is 7.20. The van der Waals surface area contributed by atoms with E-state index in [1.165, 1.54) is 0 Å². The summed E-state index contributed by atoms with van der Waals surface area (Å²) in [7, 11) is 0. The highest BCUT2D eigenvalue weighted by Gasteiger charge is 2.36. The van der Waals surface area contributed by atoms with E-state index in [9.17, 15) is 24.4 Å². The number of aliphatic hydroxyl groups is 1. The highest BCUT2D eigenvalue weighted by atomic mass is 16.5. The molecule has 2 aromatic carbocycles. The van der Waals surface area contributed by atoms with E-state index in [4.69, 9.17) is 4.74 Å². The van der Waals surface area contributed by atoms with Gasteiger partial charge in [0.25, 0.3) is 17.7 Å². The van der Waals surface area contributed by atoms with Crippen LogP contribution >= 0.6 is 0 Å². The van der Waals surface area contributed by atoms with Crippen molar-refractivity contribution in [3.05, 3.63) is 64.6 Å². The van der Waals surface area contributed by atoms with Crippen LogP contribution in [-0.2, 0) is 9.53 Å². The maximum absolute atomic E-state index is 12.4. The minimum Gasteiger partial charge on any atom is -0.389 e. The number of nitrogens with zero attached hydrogens (tertiary/aromatic N) is 4. The van der Waals surface area contributed by atoms with Gasteiger partial charge in [0.15, 0.2) is 0 Å². The first kappa shape index (κ1) is 20.6. The summed E-state index contributed by atoms with van der Waals surface area (Å²) in [6, 6.07) is 13.0. The molecule has 0 unspecified atom stereocenters. The quantitative estimate of drug-likeness (QED) is 0.403. The van der Waals surface area contributed by atoms with Crippen molar-refractivity contribution in [2.24, 2.45) is 5.29 Å². The molecule has 4 rings (SSSR count).